The molecule has 0 spiro atoms. The lowest BCUT2D eigenvalue weighted by Gasteiger charge is -2.35. The quantitative estimate of drug-likeness (QED) is 0.668. The van der Waals surface area contributed by atoms with Gasteiger partial charge < -0.3 is 4.90 Å². The first-order valence-electron chi connectivity index (χ1n) is 11.6. The molecule has 0 radical (unpaired) electrons. The van der Waals surface area contributed by atoms with Crippen LogP contribution in [0.5, 0.6) is 0 Å². The molecule has 0 unspecified atom stereocenters. The largest absolute Gasteiger partial charge is 0.336 e. The SMILES string of the molecule is CC(C)c1ccc(CN2CCN(C(=O)c3cccc(S(=O)(=O)N4CCCC4)c3)CC2)cc1. The first-order chi connectivity index (χ1) is 15.3. The van der Waals surface area contributed by atoms with E-state index in [2.05, 4.69) is 43.0 Å². The third-order valence-electron chi connectivity index (χ3n) is 6.50. The molecular formula is C25H33N3O3S. The van der Waals surface area contributed by atoms with Crippen molar-refractivity contribution < 1.29 is 13.2 Å². The minimum Gasteiger partial charge on any atom is -0.336 e. The lowest BCUT2D eigenvalue weighted by molar-refractivity contribution is 0.0628. The van der Waals surface area contributed by atoms with E-state index in [0.29, 0.717) is 37.7 Å². The Hall–Kier alpha value is -2.22. The number of amides is 1. The molecule has 172 valence electrons. The summed E-state index contributed by atoms with van der Waals surface area (Å²) in [6.07, 6.45) is 1.79. The predicted molar refractivity (Wildman–Crippen MR) is 126 cm³/mol. The van der Waals surface area contributed by atoms with Crippen LogP contribution in [0.15, 0.2) is 53.4 Å². The monoisotopic (exact) mass is 455 g/mol. The zero-order valence-electron chi connectivity index (χ0n) is 19.0. The molecule has 0 bridgehead atoms. The maximum Gasteiger partial charge on any atom is 0.253 e. The molecule has 6 nitrogen and oxygen atoms in total. The first-order valence-corrected chi connectivity index (χ1v) is 13.0. The molecule has 2 aliphatic heterocycles. The van der Waals surface area contributed by atoms with Crippen LogP contribution in [0.25, 0.3) is 0 Å². The van der Waals surface area contributed by atoms with Crippen molar-refractivity contribution in [2.24, 2.45) is 0 Å². The molecule has 0 aromatic heterocycles. The van der Waals surface area contributed by atoms with Gasteiger partial charge in [-0.3, -0.25) is 9.69 Å². The average Bonchev–Trinajstić information content (AvgIpc) is 3.36. The highest BCUT2D eigenvalue weighted by Gasteiger charge is 2.28. The summed E-state index contributed by atoms with van der Waals surface area (Å²) >= 11 is 0. The highest BCUT2D eigenvalue weighted by atomic mass is 32.2. The number of piperazine rings is 1. The Morgan fingerprint density at radius 2 is 1.56 bits per heavy atom. The van der Waals surface area contributed by atoms with Crippen molar-refractivity contribution in [2.45, 2.75) is 44.0 Å². The second-order valence-electron chi connectivity index (χ2n) is 9.10. The molecule has 0 saturated carbocycles. The Bertz CT molecular complexity index is 1040. The smallest absolute Gasteiger partial charge is 0.253 e. The van der Waals surface area contributed by atoms with Crippen LogP contribution in [0, 0.1) is 0 Å². The number of sulfonamides is 1. The van der Waals surface area contributed by atoms with E-state index in [0.717, 1.165) is 32.5 Å². The van der Waals surface area contributed by atoms with Crippen molar-refractivity contribution in [1.29, 1.82) is 0 Å². The van der Waals surface area contributed by atoms with E-state index >= 15 is 0 Å². The summed E-state index contributed by atoms with van der Waals surface area (Å²) in [6, 6.07) is 15.3. The summed E-state index contributed by atoms with van der Waals surface area (Å²) in [5, 5.41) is 0. The summed E-state index contributed by atoms with van der Waals surface area (Å²) in [5.74, 6) is 0.437. The summed E-state index contributed by atoms with van der Waals surface area (Å²) in [7, 11) is -3.52. The van der Waals surface area contributed by atoms with Crippen LogP contribution >= 0.6 is 0 Å². The van der Waals surface area contributed by atoms with E-state index in [1.165, 1.54) is 15.4 Å². The van der Waals surface area contributed by atoms with Crippen molar-refractivity contribution >= 4 is 15.9 Å². The van der Waals surface area contributed by atoms with E-state index in [4.69, 9.17) is 0 Å². The molecule has 2 heterocycles. The van der Waals surface area contributed by atoms with E-state index in [-0.39, 0.29) is 10.8 Å². The van der Waals surface area contributed by atoms with Crippen molar-refractivity contribution in [3.05, 3.63) is 65.2 Å². The van der Waals surface area contributed by atoms with Gasteiger partial charge in [0.15, 0.2) is 0 Å². The predicted octanol–water partition coefficient (Wildman–Crippen LogP) is 3.55. The standard InChI is InChI=1S/C25H33N3O3S/c1-20(2)22-10-8-21(9-11-22)19-26-14-16-27(17-15-26)25(29)23-6-5-7-24(18-23)32(30,31)28-12-3-4-13-28/h5-11,18,20H,3-4,12-17,19H2,1-2H3. The van der Waals surface area contributed by atoms with Crippen LogP contribution in [0.2, 0.25) is 0 Å². The topological polar surface area (TPSA) is 60.9 Å². The van der Waals surface area contributed by atoms with Gasteiger partial charge in [-0.15, -0.1) is 0 Å². The highest BCUT2D eigenvalue weighted by Crippen LogP contribution is 2.22. The molecule has 4 rings (SSSR count). The fourth-order valence-corrected chi connectivity index (χ4v) is 5.99. The maximum absolute atomic E-state index is 13.1. The second kappa shape index (κ2) is 9.73. The number of hydrogen-bond acceptors (Lipinski definition) is 4. The van der Waals surface area contributed by atoms with Gasteiger partial charge in [0.25, 0.3) is 5.91 Å². The zero-order valence-corrected chi connectivity index (χ0v) is 19.9. The van der Waals surface area contributed by atoms with Gasteiger partial charge in [0.2, 0.25) is 10.0 Å². The number of rotatable bonds is 6. The fraction of sp³-hybridized carbons (Fsp3) is 0.480. The Balaban J connectivity index is 1.36. The highest BCUT2D eigenvalue weighted by molar-refractivity contribution is 7.89. The van der Waals surface area contributed by atoms with Gasteiger partial charge >= 0.3 is 0 Å². The van der Waals surface area contributed by atoms with Crippen LogP contribution in [-0.2, 0) is 16.6 Å². The molecular weight excluding hydrogens is 422 g/mol. The van der Waals surface area contributed by atoms with Crippen molar-refractivity contribution in [3.63, 3.8) is 0 Å². The molecule has 2 fully saturated rings. The molecule has 2 aromatic carbocycles. The Labute approximate surface area is 191 Å². The van der Waals surface area contributed by atoms with E-state index in [9.17, 15) is 13.2 Å². The lowest BCUT2D eigenvalue weighted by atomic mass is 10.0. The number of hydrogen-bond donors (Lipinski definition) is 0. The molecule has 1 amide bonds. The van der Waals surface area contributed by atoms with Crippen LogP contribution in [0.4, 0.5) is 0 Å². The number of carbonyl (C=O) groups is 1. The number of benzene rings is 2. The molecule has 7 heteroatoms. The van der Waals surface area contributed by atoms with Crippen LogP contribution in [0.1, 0.15) is 54.1 Å². The van der Waals surface area contributed by atoms with Gasteiger partial charge in [0.05, 0.1) is 4.90 Å². The molecule has 32 heavy (non-hydrogen) atoms. The van der Waals surface area contributed by atoms with E-state index in [1.54, 1.807) is 24.3 Å². The number of carbonyl (C=O) groups excluding carboxylic acids is 1. The van der Waals surface area contributed by atoms with Gasteiger partial charge in [0.1, 0.15) is 0 Å². The summed E-state index contributed by atoms with van der Waals surface area (Å²) in [4.78, 5) is 17.5. The van der Waals surface area contributed by atoms with Crippen molar-refractivity contribution in [3.8, 4) is 0 Å². The second-order valence-corrected chi connectivity index (χ2v) is 11.0. The number of nitrogens with zero attached hydrogens (tertiary/aromatic N) is 3. The average molecular weight is 456 g/mol. The Morgan fingerprint density at radius 3 is 2.19 bits per heavy atom. The lowest BCUT2D eigenvalue weighted by Crippen LogP contribution is -2.48. The maximum atomic E-state index is 13.1. The molecule has 2 saturated heterocycles. The van der Waals surface area contributed by atoms with Gasteiger partial charge in [0, 0.05) is 51.4 Å². The minimum absolute atomic E-state index is 0.0931. The minimum atomic E-state index is -3.52. The van der Waals surface area contributed by atoms with E-state index < -0.39 is 10.0 Å². The summed E-state index contributed by atoms with van der Waals surface area (Å²) in [5.41, 5.74) is 3.08. The van der Waals surface area contributed by atoms with Gasteiger partial charge in [-0.25, -0.2) is 8.42 Å². The third kappa shape index (κ3) is 5.05. The normalized spacial score (nSPS) is 18.4. The molecule has 0 atom stereocenters. The van der Waals surface area contributed by atoms with Gasteiger partial charge in [-0.2, -0.15) is 4.31 Å². The van der Waals surface area contributed by atoms with Crippen LogP contribution < -0.4 is 0 Å². The molecule has 2 aliphatic rings. The fourth-order valence-electron chi connectivity index (χ4n) is 4.42. The van der Waals surface area contributed by atoms with Crippen molar-refractivity contribution in [1.82, 2.24) is 14.1 Å². The van der Waals surface area contributed by atoms with Crippen molar-refractivity contribution in [2.75, 3.05) is 39.3 Å². The molecule has 0 N–H and O–H groups in total. The Morgan fingerprint density at radius 1 is 0.906 bits per heavy atom. The molecule has 2 aromatic rings. The van der Waals surface area contributed by atoms with Gasteiger partial charge in [-0.05, 0) is 48.1 Å². The van der Waals surface area contributed by atoms with Crippen LogP contribution in [0.3, 0.4) is 0 Å². The Kier molecular flexibility index (Phi) is 6.98. The van der Waals surface area contributed by atoms with Crippen LogP contribution in [-0.4, -0.2) is 67.7 Å². The zero-order chi connectivity index (χ0) is 22.7. The summed E-state index contributed by atoms with van der Waals surface area (Å²) in [6.45, 7) is 9.30. The van der Waals surface area contributed by atoms with Gasteiger partial charge in [-0.1, -0.05) is 44.2 Å². The summed E-state index contributed by atoms with van der Waals surface area (Å²) < 4.78 is 27.2. The first kappa shape index (κ1) is 23.0. The molecule has 0 aliphatic carbocycles. The third-order valence-corrected chi connectivity index (χ3v) is 8.39. The van der Waals surface area contributed by atoms with E-state index in [1.807, 2.05) is 4.90 Å².